The molecule has 0 aromatic heterocycles. The van der Waals surface area contributed by atoms with Crippen LogP contribution >= 0.6 is 23.2 Å². The number of ketones is 1. The number of hydrogen-bond donors (Lipinski definition) is 2. The van der Waals surface area contributed by atoms with E-state index in [9.17, 15) is 9.59 Å². The summed E-state index contributed by atoms with van der Waals surface area (Å²) in [6.45, 7) is 7.91. The molecule has 0 bridgehead atoms. The predicted octanol–water partition coefficient (Wildman–Crippen LogP) is 5.32. The van der Waals surface area contributed by atoms with Crippen molar-refractivity contribution < 1.29 is 18.7 Å². The van der Waals surface area contributed by atoms with E-state index in [1.807, 2.05) is 19.9 Å². The van der Waals surface area contributed by atoms with Crippen LogP contribution in [-0.2, 0) is 19.7 Å². The molecule has 0 saturated carbocycles. The van der Waals surface area contributed by atoms with Gasteiger partial charge in [0, 0.05) is 41.7 Å². The number of fused-ring (bicyclic) bond motifs is 2. The molecule has 0 aliphatic carbocycles. The molecule has 6 nitrogen and oxygen atoms in total. The molecule has 0 unspecified atom stereocenters. The summed E-state index contributed by atoms with van der Waals surface area (Å²) in [7, 11) is 0. The number of amides is 1. The first-order chi connectivity index (χ1) is 18.3. The van der Waals surface area contributed by atoms with E-state index in [4.69, 9.17) is 27.9 Å². The summed E-state index contributed by atoms with van der Waals surface area (Å²) >= 11 is 12.6. The third-order valence-electron chi connectivity index (χ3n) is 8.87. The SMILES string of the molecule is CCC1(CC)N[C@@H](C(=O)CCCN2CCOCC2)[C@H](c2cccc(Cl)c2F)[C@]12C(=O)Nc1cc(Cl)ccc12. The van der Waals surface area contributed by atoms with Crippen LogP contribution in [0.2, 0.25) is 10.0 Å². The number of halogens is 3. The zero-order valence-electron chi connectivity index (χ0n) is 21.8. The Morgan fingerprint density at radius 2 is 1.89 bits per heavy atom. The predicted molar refractivity (Wildman–Crippen MR) is 148 cm³/mol. The molecule has 3 heterocycles. The fraction of sp³-hybridized carbons (Fsp3) is 0.517. The highest BCUT2D eigenvalue weighted by atomic mass is 35.5. The summed E-state index contributed by atoms with van der Waals surface area (Å²) in [6, 6.07) is 9.39. The lowest BCUT2D eigenvalue weighted by molar-refractivity contribution is -0.123. The van der Waals surface area contributed by atoms with E-state index >= 15 is 4.39 Å². The fourth-order valence-electron chi connectivity index (χ4n) is 7.04. The molecule has 3 atom stereocenters. The van der Waals surface area contributed by atoms with Gasteiger partial charge in [-0.2, -0.15) is 0 Å². The second kappa shape index (κ2) is 10.9. The van der Waals surface area contributed by atoms with Gasteiger partial charge in [0.2, 0.25) is 5.91 Å². The second-order valence-corrected chi connectivity index (χ2v) is 11.4. The van der Waals surface area contributed by atoms with Crippen LogP contribution in [0.5, 0.6) is 0 Å². The molecule has 3 aliphatic rings. The number of benzene rings is 2. The Kier molecular flexibility index (Phi) is 7.87. The number of nitrogens with one attached hydrogen (secondary N) is 2. The lowest BCUT2D eigenvalue weighted by Crippen LogP contribution is -2.58. The maximum atomic E-state index is 15.8. The first-order valence-corrected chi connectivity index (χ1v) is 14.2. The van der Waals surface area contributed by atoms with E-state index in [0.29, 0.717) is 49.6 Å². The third kappa shape index (κ3) is 4.27. The normalized spacial score (nSPS) is 26.5. The molecule has 1 amide bonds. The molecule has 2 N–H and O–H groups in total. The maximum absolute atomic E-state index is 15.8. The minimum Gasteiger partial charge on any atom is -0.379 e. The first kappa shape index (κ1) is 27.5. The molecule has 9 heteroatoms. The van der Waals surface area contributed by atoms with E-state index in [1.54, 1.807) is 24.3 Å². The monoisotopic (exact) mass is 561 g/mol. The lowest BCUT2D eigenvalue weighted by Gasteiger charge is -2.44. The minimum absolute atomic E-state index is 0.0269. The van der Waals surface area contributed by atoms with Crippen LogP contribution < -0.4 is 10.6 Å². The van der Waals surface area contributed by atoms with E-state index in [-0.39, 0.29) is 22.3 Å². The Hall–Kier alpha value is -2.03. The van der Waals surface area contributed by atoms with Crippen molar-refractivity contribution in [1.29, 1.82) is 0 Å². The molecule has 5 rings (SSSR count). The number of anilines is 1. The van der Waals surface area contributed by atoms with E-state index in [1.165, 1.54) is 6.07 Å². The molecule has 38 heavy (non-hydrogen) atoms. The standard InChI is InChI=1S/C29H34Cl2FN3O3/c1-3-28(4-2)29(20-11-10-18(30)17-22(20)33-27(29)37)24(19-7-5-8-21(31)25(19)32)26(34-28)23(36)9-6-12-35-13-15-38-16-14-35/h5,7-8,10-11,17,24,26,34H,3-4,6,9,12-16H2,1-2H3,(H,33,37)/t24-,26-,29+/m0/s1. The van der Waals surface area contributed by atoms with E-state index in [2.05, 4.69) is 15.5 Å². The van der Waals surface area contributed by atoms with Crippen LogP contribution in [-0.4, -0.2) is 61.0 Å². The van der Waals surface area contributed by atoms with Crippen LogP contribution in [0, 0.1) is 5.82 Å². The summed E-state index contributed by atoms with van der Waals surface area (Å²) < 4.78 is 21.2. The number of ether oxygens (including phenoxy) is 1. The molecule has 3 aliphatic heterocycles. The Balaban J connectivity index is 1.61. The summed E-state index contributed by atoms with van der Waals surface area (Å²) in [5.41, 5.74) is -0.412. The Labute approximate surface area is 233 Å². The molecule has 2 aromatic carbocycles. The van der Waals surface area contributed by atoms with Crippen molar-refractivity contribution in [3.8, 4) is 0 Å². The minimum atomic E-state index is -1.23. The van der Waals surface area contributed by atoms with Crippen molar-refractivity contribution in [1.82, 2.24) is 10.2 Å². The Morgan fingerprint density at radius 3 is 2.61 bits per heavy atom. The van der Waals surface area contributed by atoms with Crippen LogP contribution in [0.1, 0.15) is 56.6 Å². The zero-order chi connectivity index (χ0) is 27.1. The number of morpholine rings is 1. The van der Waals surface area contributed by atoms with Crippen molar-refractivity contribution in [3.05, 3.63) is 63.4 Å². The topological polar surface area (TPSA) is 70.7 Å². The first-order valence-electron chi connectivity index (χ1n) is 13.4. The smallest absolute Gasteiger partial charge is 0.237 e. The highest BCUT2D eigenvalue weighted by Crippen LogP contribution is 2.61. The van der Waals surface area contributed by atoms with Crippen molar-refractivity contribution in [2.45, 2.75) is 62.4 Å². The van der Waals surface area contributed by atoms with Crippen LogP contribution in [0.15, 0.2) is 36.4 Å². The number of carbonyl (C=O) groups is 2. The van der Waals surface area contributed by atoms with Gasteiger partial charge in [-0.1, -0.05) is 55.2 Å². The summed E-state index contributed by atoms with van der Waals surface area (Å²) in [6.07, 6.45) is 2.13. The fourth-order valence-corrected chi connectivity index (χ4v) is 7.40. The van der Waals surface area contributed by atoms with Crippen molar-refractivity contribution in [3.63, 3.8) is 0 Å². The molecule has 1 spiro atoms. The molecule has 2 saturated heterocycles. The molecular formula is C29H34Cl2FN3O3. The van der Waals surface area contributed by atoms with Crippen molar-refractivity contribution in [2.24, 2.45) is 0 Å². The molecular weight excluding hydrogens is 528 g/mol. The van der Waals surface area contributed by atoms with Gasteiger partial charge in [-0.3, -0.25) is 19.8 Å². The van der Waals surface area contributed by atoms with Gasteiger partial charge in [0.05, 0.1) is 24.3 Å². The summed E-state index contributed by atoms with van der Waals surface area (Å²) in [5.74, 6) is -1.66. The maximum Gasteiger partial charge on any atom is 0.237 e. The molecule has 2 aromatic rings. The average Bonchev–Trinajstić information content (AvgIpc) is 3.38. The number of hydrogen-bond acceptors (Lipinski definition) is 5. The van der Waals surface area contributed by atoms with Crippen LogP contribution in [0.4, 0.5) is 10.1 Å². The van der Waals surface area contributed by atoms with Gasteiger partial charge in [0.1, 0.15) is 17.0 Å². The number of Topliss-reactive ketones (excluding diaryl/α,β-unsaturated/α-hetero) is 1. The Bertz CT molecular complexity index is 1230. The largest absolute Gasteiger partial charge is 0.379 e. The zero-order valence-corrected chi connectivity index (χ0v) is 23.3. The Morgan fingerprint density at radius 1 is 1.16 bits per heavy atom. The molecule has 2 fully saturated rings. The molecule has 0 radical (unpaired) electrons. The summed E-state index contributed by atoms with van der Waals surface area (Å²) in [5, 5.41) is 7.11. The van der Waals surface area contributed by atoms with Gasteiger partial charge < -0.3 is 10.1 Å². The van der Waals surface area contributed by atoms with Gasteiger partial charge >= 0.3 is 0 Å². The van der Waals surface area contributed by atoms with Crippen LogP contribution in [0.3, 0.4) is 0 Å². The molecule has 204 valence electrons. The van der Waals surface area contributed by atoms with Crippen molar-refractivity contribution in [2.75, 3.05) is 38.2 Å². The van der Waals surface area contributed by atoms with Crippen molar-refractivity contribution >= 4 is 40.6 Å². The highest BCUT2D eigenvalue weighted by Gasteiger charge is 2.71. The average molecular weight is 563 g/mol. The summed E-state index contributed by atoms with van der Waals surface area (Å²) in [4.78, 5) is 30.5. The van der Waals surface area contributed by atoms with E-state index in [0.717, 1.165) is 25.2 Å². The van der Waals surface area contributed by atoms with Gasteiger partial charge in [0.25, 0.3) is 0 Å². The third-order valence-corrected chi connectivity index (χ3v) is 9.40. The number of rotatable bonds is 8. The van der Waals surface area contributed by atoms with Crippen LogP contribution in [0.25, 0.3) is 0 Å². The van der Waals surface area contributed by atoms with Gasteiger partial charge in [-0.25, -0.2) is 4.39 Å². The quantitative estimate of drug-likeness (QED) is 0.456. The number of carbonyl (C=O) groups excluding carboxylic acids is 2. The van der Waals surface area contributed by atoms with Gasteiger partial charge in [0.15, 0.2) is 0 Å². The van der Waals surface area contributed by atoms with E-state index < -0.39 is 28.7 Å². The second-order valence-electron chi connectivity index (χ2n) is 10.5. The highest BCUT2D eigenvalue weighted by molar-refractivity contribution is 6.31. The van der Waals surface area contributed by atoms with Gasteiger partial charge in [-0.15, -0.1) is 0 Å². The van der Waals surface area contributed by atoms with Gasteiger partial charge in [-0.05, 0) is 55.1 Å². The number of nitrogens with zero attached hydrogens (tertiary/aromatic N) is 1. The lowest BCUT2D eigenvalue weighted by atomic mass is 9.57.